The van der Waals surface area contributed by atoms with E-state index in [2.05, 4.69) is 21.3 Å². The molecule has 0 saturated carbocycles. The molecule has 8 N–H and O–H groups in total. The highest BCUT2D eigenvalue weighted by Gasteiger charge is 2.45. The van der Waals surface area contributed by atoms with Gasteiger partial charge in [0.2, 0.25) is 59.1 Å². The summed E-state index contributed by atoms with van der Waals surface area (Å²) in [6.45, 7) is 13.3. The number of fused-ring (bicyclic) bond motifs is 2. The summed E-state index contributed by atoms with van der Waals surface area (Å²) >= 11 is 0. The number of nitrogens with one attached hydrogen (secondary N) is 4. The van der Waals surface area contributed by atoms with Crippen molar-refractivity contribution in [1.82, 2.24) is 45.8 Å². The summed E-state index contributed by atoms with van der Waals surface area (Å²) in [6, 6.07) is -1.43. The molecule has 0 aliphatic carbocycles. The number of hydrogen-bond acceptors (Lipinski definition) is 13. The van der Waals surface area contributed by atoms with Crippen molar-refractivity contribution >= 4 is 70.9 Å². The average Bonchev–Trinajstić information content (AvgIpc) is 3.96. The van der Waals surface area contributed by atoms with Crippen LogP contribution < -0.4 is 32.7 Å². The van der Waals surface area contributed by atoms with E-state index in [1.807, 2.05) is 6.92 Å². The van der Waals surface area contributed by atoms with Crippen LogP contribution in [0.1, 0.15) is 132 Å². The number of likely N-dealkylation sites (N-methyl/N-ethyl adjacent to an activating group) is 3. The van der Waals surface area contributed by atoms with Gasteiger partial charge in [-0.2, -0.15) is 0 Å². The molecule has 3 aliphatic heterocycles. The number of piperidine rings is 1. The van der Waals surface area contributed by atoms with E-state index >= 15 is 0 Å². The second-order valence-corrected chi connectivity index (χ2v) is 22.7. The summed E-state index contributed by atoms with van der Waals surface area (Å²) in [5.74, 6) is -11.4. The number of cyclic esters (lactones) is 1. The van der Waals surface area contributed by atoms with Gasteiger partial charge in [0.05, 0.1) is 6.54 Å². The van der Waals surface area contributed by atoms with Gasteiger partial charge in [-0.05, 0) is 74.7 Å². The van der Waals surface area contributed by atoms with Crippen molar-refractivity contribution in [3.05, 3.63) is 35.9 Å². The molecule has 0 spiro atoms. The highest BCUT2D eigenvalue weighted by molar-refractivity contribution is 5.99. The first-order chi connectivity index (χ1) is 38.2. The number of carbonyl (C=O) groups excluding carboxylic acids is 12. The fourth-order valence-electron chi connectivity index (χ4n) is 10.7. The van der Waals surface area contributed by atoms with Crippen molar-refractivity contribution in [2.75, 3.05) is 40.8 Å². The van der Waals surface area contributed by atoms with Crippen LogP contribution in [0.2, 0.25) is 0 Å². The lowest BCUT2D eigenvalue weighted by atomic mass is 9.93. The zero-order valence-corrected chi connectivity index (χ0v) is 49.2. The van der Waals surface area contributed by atoms with Gasteiger partial charge in [-0.25, -0.2) is 4.79 Å². The largest absolute Gasteiger partial charge is 0.450 e. The van der Waals surface area contributed by atoms with Crippen LogP contribution in [0.5, 0.6) is 0 Å². The van der Waals surface area contributed by atoms with E-state index in [1.165, 1.54) is 30.9 Å². The van der Waals surface area contributed by atoms with Crippen LogP contribution in [-0.4, -0.2) is 191 Å². The minimum Gasteiger partial charge on any atom is -0.450 e. The number of benzene rings is 1. The molecule has 11 amide bonds. The Kier molecular flexibility index (Phi) is 25.1. The van der Waals surface area contributed by atoms with Gasteiger partial charge in [0, 0.05) is 59.4 Å². The van der Waals surface area contributed by atoms with Crippen LogP contribution in [0.4, 0.5) is 0 Å². The van der Waals surface area contributed by atoms with Gasteiger partial charge in [-0.15, -0.1) is 0 Å². The van der Waals surface area contributed by atoms with Crippen molar-refractivity contribution < 1.29 is 62.3 Å². The molecule has 81 heavy (non-hydrogen) atoms. The normalized spacial score (nSPS) is 27.0. The maximum absolute atomic E-state index is 14.9. The predicted octanol–water partition coefficient (Wildman–Crippen LogP) is 0.513. The van der Waals surface area contributed by atoms with Crippen molar-refractivity contribution in [1.29, 1.82) is 0 Å². The number of nitrogens with two attached hydrogens (primary N) is 2. The van der Waals surface area contributed by atoms with Crippen LogP contribution in [0, 0.1) is 23.7 Å². The van der Waals surface area contributed by atoms with Gasteiger partial charge in [0.25, 0.3) is 5.91 Å². The highest BCUT2D eigenvalue weighted by atomic mass is 16.6. The molecule has 11 atom stereocenters. The molecule has 4 rings (SSSR count). The second-order valence-electron chi connectivity index (χ2n) is 22.7. The number of rotatable bonds is 14. The Morgan fingerprint density at radius 3 is 1.72 bits per heavy atom. The maximum atomic E-state index is 14.9. The third kappa shape index (κ3) is 17.4. The summed E-state index contributed by atoms with van der Waals surface area (Å²) in [5, 5.41) is 11.1. The summed E-state index contributed by atoms with van der Waals surface area (Å²) < 4.78 is 6.01. The van der Waals surface area contributed by atoms with E-state index in [9.17, 15) is 57.5 Å². The number of esters is 1. The number of nitrogens with zero attached hydrogens (tertiary/aromatic N) is 5. The zero-order valence-electron chi connectivity index (χ0n) is 49.2. The molecule has 0 bridgehead atoms. The van der Waals surface area contributed by atoms with E-state index < -0.39 is 156 Å². The predicted molar refractivity (Wildman–Crippen MR) is 298 cm³/mol. The van der Waals surface area contributed by atoms with E-state index in [0.717, 1.165) is 14.7 Å². The monoisotopic (exact) mass is 1140 g/mol. The maximum Gasteiger partial charge on any atom is 0.329 e. The molecule has 0 aromatic heterocycles. The van der Waals surface area contributed by atoms with Crippen molar-refractivity contribution in [3.8, 4) is 0 Å². The molecule has 1 unspecified atom stereocenters. The Morgan fingerprint density at radius 2 is 1.14 bits per heavy atom. The quantitative estimate of drug-likeness (QED) is 0.139. The topological polar surface area (TPSA) is 330 Å². The smallest absolute Gasteiger partial charge is 0.329 e. The van der Waals surface area contributed by atoms with Crippen molar-refractivity contribution in [2.45, 2.75) is 187 Å². The van der Waals surface area contributed by atoms with Gasteiger partial charge < -0.3 is 62.0 Å². The summed E-state index contributed by atoms with van der Waals surface area (Å²) in [4.78, 5) is 176. The number of carbonyl (C=O) groups is 12. The molecule has 1 aromatic rings. The van der Waals surface area contributed by atoms with E-state index in [-0.39, 0.29) is 58.0 Å². The molecular weight excluding hydrogens is 1050 g/mol. The zero-order chi connectivity index (χ0) is 60.6. The van der Waals surface area contributed by atoms with Gasteiger partial charge in [-0.3, -0.25) is 52.7 Å². The average molecular weight is 1140 g/mol. The lowest BCUT2D eigenvalue weighted by Gasteiger charge is -2.40. The number of ether oxygens (including phenoxy) is 1. The Bertz CT molecular complexity index is 2440. The Labute approximate surface area is 476 Å². The minimum atomic E-state index is -1.55. The van der Waals surface area contributed by atoms with Crippen molar-refractivity contribution in [3.63, 3.8) is 0 Å². The SMILES string of the molecule is CCC(C)[C@@H]1OC(=O)[C@H](CCC(N)=O)N(C)C(=O)[C@H](C(C)C)NC(=O)[C@@H]2CCCCN2C(=O)[C@H]([C@@H](C)CC)NC(=O)[C@H](CCC(N)=O)N(C)C(=O)[C@H](C(C)C)N(C)C(=O)CNC(=O)[C@@H]2CCCN2C(=O)[C@H](Cc2ccccc2)NC1=O. The van der Waals surface area contributed by atoms with Crippen LogP contribution in [0.25, 0.3) is 0 Å². The molecule has 3 saturated heterocycles. The Morgan fingerprint density at radius 1 is 0.593 bits per heavy atom. The van der Waals surface area contributed by atoms with E-state index in [0.29, 0.717) is 37.7 Å². The second kappa shape index (κ2) is 30.6. The summed E-state index contributed by atoms with van der Waals surface area (Å²) in [5.41, 5.74) is 11.8. The van der Waals surface area contributed by atoms with Crippen LogP contribution >= 0.6 is 0 Å². The Hall–Kier alpha value is -7.14. The highest BCUT2D eigenvalue weighted by Crippen LogP contribution is 2.26. The third-order valence-corrected chi connectivity index (χ3v) is 16.1. The first kappa shape index (κ1) is 66.4. The first-order valence-electron chi connectivity index (χ1n) is 28.6. The lowest BCUT2D eigenvalue weighted by molar-refractivity contribution is -0.167. The van der Waals surface area contributed by atoms with Crippen LogP contribution in [0.3, 0.4) is 0 Å². The van der Waals surface area contributed by atoms with E-state index in [4.69, 9.17) is 16.2 Å². The Balaban J connectivity index is 1.87. The minimum absolute atomic E-state index is 0.0448. The molecule has 3 heterocycles. The van der Waals surface area contributed by atoms with Crippen molar-refractivity contribution in [2.24, 2.45) is 35.1 Å². The molecule has 24 heteroatoms. The van der Waals surface area contributed by atoms with Gasteiger partial charge in [0.15, 0.2) is 6.10 Å². The van der Waals surface area contributed by atoms with Gasteiger partial charge in [0.1, 0.15) is 48.3 Å². The van der Waals surface area contributed by atoms with Crippen LogP contribution in [-0.2, 0) is 68.7 Å². The third-order valence-electron chi connectivity index (χ3n) is 16.1. The summed E-state index contributed by atoms with van der Waals surface area (Å²) in [7, 11) is 4.01. The fraction of sp³-hybridized carbons (Fsp3) is 0.684. The van der Waals surface area contributed by atoms with Gasteiger partial charge in [-0.1, -0.05) is 92.1 Å². The number of hydrogen-bond donors (Lipinski definition) is 6. The van der Waals surface area contributed by atoms with Gasteiger partial charge >= 0.3 is 5.97 Å². The lowest BCUT2D eigenvalue weighted by Crippen LogP contribution is -2.63. The summed E-state index contributed by atoms with van der Waals surface area (Å²) in [6.07, 6.45) is -0.424. The standard InChI is InChI=1S/C57H89N11O13/c1-12-34(7)46-55(78)68-28-18-17-22-40(68)51(74)62-45(32(3)4)54(77)65(10)41(25-27-43(59)70)57(80)81-48(35(8)13-2)52(75)61-37(30-36-20-15-14-16-21-36)53(76)67-29-19-23-39(67)49(72)60-31-44(71)66(11)47(33(5)6)56(79)64(9)38(50(73)63-46)24-26-42(58)69/h14-16,20-21,32-35,37-41,45-48H,12-13,17-19,22-31H2,1-11H3,(H2,58,69)(H2,59,70)(H,60,72)(H,61,75)(H,62,74)(H,63,73)/t34-,35?,37-,38-,39-,40-,41-,45-,46-,47-,48-/m0/s1. The first-order valence-corrected chi connectivity index (χ1v) is 28.6. The molecule has 3 fully saturated rings. The van der Waals surface area contributed by atoms with Crippen LogP contribution in [0.15, 0.2) is 30.3 Å². The number of amides is 11. The molecular formula is C57H89N11O13. The fourth-order valence-corrected chi connectivity index (χ4v) is 10.7. The molecule has 3 aliphatic rings. The molecule has 1 aromatic carbocycles. The molecule has 24 nitrogen and oxygen atoms in total. The number of primary amides is 2. The molecule has 0 radical (unpaired) electrons. The molecule has 450 valence electrons. The van der Waals surface area contributed by atoms with E-state index in [1.54, 1.807) is 78.8 Å².